The van der Waals surface area contributed by atoms with Gasteiger partial charge in [-0.1, -0.05) is 36.3 Å². The first-order valence-electron chi connectivity index (χ1n) is 4.48. The van der Waals surface area contributed by atoms with Crippen molar-refractivity contribution < 1.29 is 14.3 Å². The molecule has 0 aliphatic heterocycles. The zero-order valence-electron chi connectivity index (χ0n) is 8.47. The Labute approximate surface area is 89.0 Å². The smallest absolute Gasteiger partial charge is 0.192 e. The molecule has 15 heavy (non-hydrogen) atoms. The zero-order chi connectivity index (χ0) is 10.9. The topological polar surface area (TPSA) is 35.5 Å². The van der Waals surface area contributed by atoms with Crippen LogP contribution in [0.1, 0.15) is 11.7 Å². The number of rotatable bonds is 4. The van der Waals surface area contributed by atoms with Crippen molar-refractivity contribution in [1.29, 1.82) is 0 Å². The van der Waals surface area contributed by atoms with Gasteiger partial charge >= 0.3 is 0 Å². The Kier molecular flexibility index (Phi) is 5.16. The Balaban J connectivity index is 2.76. The lowest BCUT2D eigenvalue weighted by Gasteiger charge is -2.11. The summed E-state index contributed by atoms with van der Waals surface area (Å²) in [4.78, 5) is 10.2. The van der Waals surface area contributed by atoms with E-state index >= 15 is 0 Å². The summed E-state index contributed by atoms with van der Waals surface area (Å²) in [6, 6.07) is 9.46. The summed E-state index contributed by atoms with van der Waals surface area (Å²) < 4.78 is 10.1. The van der Waals surface area contributed by atoms with E-state index in [2.05, 4.69) is 11.8 Å². The highest BCUT2D eigenvalue weighted by molar-refractivity contribution is 5.72. The molecule has 1 aromatic carbocycles. The van der Waals surface area contributed by atoms with Gasteiger partial charge in [-0.25, -0.2) is 0 Å². The molecule has 0 unspecified atom stereocenters. The number of aldehydes is 1. The van der Waals surface area contributed by atoms with Crippen LogP contribution in [0, 0.1) is 11.8 Å². The van der Waals surface area contributed by atoms with Crippen LogP contribution in [0.15, 0.2) is 30.3 Å². The zero-order valence-corrected chi connectivity index (χ0v) is 8.47. The highest BCUT2D eigenvalue weighted by Gasteiger charge is 2.07. The van der Waals surface area contributed by atoms with Gasteiger partial charge in [0.15, 0.2) is 6.29 Å². The molecular formula is C12H12O3. The first-order chi connectivity index (χ1) is 7.38. The third-order valence-corrected chi connectivity index (χ3v) is 1.73. The fraction of sp³-hybridized carbons (Fsp3) is 0.250. The molecule has 0 heterocycles. The van der Waals surface area contributed by atoms with E-state index in [-0.39, 0.29) is 6.79 Å². The number of hydrogen-bond acceptors (Lipinski definition) is 3. The number of hydrogen-bond donors (Lipinski definition) is 0. The molecule has 0 aromatic heterocycles. The van der Waals surface area contributed by atoms with Crippen LogP contribution in [0.25, 0.3) is 0 Å². The molecule has 3 nitrogen and oxygen atoms in total. The molecule has 0 spiro atoms. The summed E-state index contributed by atoms with van der Waals surface area (Å²) in [5, 5.41) is 0. The van der Waals surface area contributed by atoms with Gasteiger partial charge in [0.25, 0.3) is 0 Å². The largest absolute Gasteiger partial charge is 0.359 e. The molecule has 1 aromatic rings. The van der Waals surface area contributed by atoms with E-state index in [9.17, 15) is 4.79 Å². The predicted molar refractivity (Wildman–Crippen MR) is 56.0 cm³/mol. The Morgan fingerprint density at radius 3 is 2.73 bits per heavy atom. The first-order valence-corrected chi connectivity index (χ1v) is 4.48. The van der Waals surface area contributed by atoms with Crippen molar-refractivity contribution in [2.24, 2.45) is 0 Å². The van der Waals surface area contributed by atoms with Crippen molar-refractivity contribution >= 4 is 6.29 Å². The van der Waals surface area contributed by atoms with Crippen molar-refractivity contribution in [3.63, 3.8) is 0 Å². The van der Waals surface area contributed by atoms with Gasteiger partial charge in [0.1, 0.15) is 12.9 Å². The molecule has 1 rings (SSSR count). The highest BCUT2D eigenvalue weighted by Crippen LogP contribution is 2.15. The van der Waals surface area contributed by atoms with Crippen molar-refractivity contribution in [2.75, 3.05) is 13.9 Å². The number of carbonyl (C=O) groups excluding carboxylic acids is 1. The Morgan fingerprint density at radius 2 is 2.13 bits per heavy atom. The van der Waals surface area contributed by atoms with E-state index in [1.165, 1.54) is 7.11 Å². The standard InChI is InChI=1S/C12H12O3/c1-14-10-15-12(8-5-9-13)11-6-3-2-4-7-11/h2-4,6-7,9,12H,10H2,1H3/t12-/m1/s1. The average molecular weight is 204 g/mol. The van der Waals surface area contributed by atoms with Gasteiger partial charge in [-0.2, -0.15) is 0 Å². The summed E-state index contributed by atoms with van der Waals surface area (Å²) in [6.07, 6.45) is 0.128. The number of methoxy groups -OCH3 is 1. The van der Waals surface area contributed by atoms with Crippen molar-refractivity contribution in [3.8, 4) is 11.8 Å². The van der Waals surface area contributed by atoms with Crippen LogP contribution in [0.5, 0.6) is 0 Å². The van der Waals surface area contributed by atoms with Crippen LogP contribution in [0.3, 0.4) is 0 Å². The molecule has 0 aliphatic rings. The van der Waals surface area contributed by atoms with Gasteiger partial charge in [0.2, 0.25) is 0 Å². The molecule has 0 radical (unpaired) electrons. The van der Waals surface area contributed by atoms with Gasteiger partial charge in [0.05, 0.1) is 0 Å². The minimum Gasteiger partial charge on any atom is -0.359 e. The van der Waals surface area contributed by atoms with Gasteiger partial charge in [-0.3, -0.25) is 4.79 Å². The van der Waals surface area contributed by atoms with Gasteiger partial charge in [-0.05, 0) is 11.5 Å². The summed E-state index contributed by atoms with van der Waals surface area (Å²) in [5.41, 5.74) is 0.906. The summed E-state index contributed by atoms with van der Waals surface area (Å²) in [6.45, 7) is 0.146. The van der Waals surface area contributed by atoms with E-state index in [1.54, 1.807) is 0 Å². The molecule has 3 heteroatoms. The van der Waals surface area contributed by atoms with E-state index < -0.39 is 6.10 Å². The second kappa shape index (κ2) is 6.77. The van der Waals surface area contributed by atoms with Crippen molar-refractivity contribution in [1.82, 2.24) is 0 Å². The predicted octanol–water partition coefficient (Wildman–Crippen LogP) is 1.55. The summed E-state index contributed by atoms with van der Waals surface area (Å²) >= 11 is 0. The van der Waals surface area contributed by atoms with Crippen LogP contribution in [-0.4, -0.2) is 20.2 Å². The lowest BCUT2D eigenvalue weighted by molar-refractivity contribution is -0.103. The molecule has 0 fully saturated rings. The second-order valence-electron chi connectivity index (χ2n) is 2.77. The number of carbonyl (C=O) groups is 1. The van der Waals surface area contributed by atoms with Crippen LogP contribution < -0.4 is 0 Å². The van der Waals surface area contributed by atoms with E-state index in [1.807, 2.05) is 30.3 Å². The maximum Gasteiger partial charge on any atom is 0.192 e. The highest BCUT2D eigenvalue weighted by atomic mass is 16.7. The van der Waals surface area contributed by atoms with Crippen molar-refractivity contribution in [2.45, 2.75) is 6.10 Å². The molecule has 78 valence electrons. The summed E-state index contributed by atoms with van der Waals surface area (Å²) in [7, 11) is 1.54. The Morgan fingerprint density at radius 1 is 1.40 bits per heavy atom. The molecular weight excluding hydrogens is 192 g/mol. The molecule has 0 aliphatic carbocycles. The third-order valence-electron chi connectivity index (χ3n) is 1.73. The van der Waals surface area contributed by atoms with E-state index in [4.69, 9.17) is 9.47 Å². The van der Waals surface area contributed by atoms with Gasteiger partial charge < -0.3 is 9.47 Å². The fourth-order valence-corrected chi connectivity index (χ4v) is 1.09. The number of ether oxygens (including phenoxy) is 2. The summed E-state index contributed by atoms with van der Waals surface area (Å²) in [5.74, 6) is 5.04. The van der Waals surface area contributed by atoms with Gasteiger partial charge in [-0.15, -0.1) is 0 Å². The normalized spacial score (nSPS) is 11.3. The molecule has 1 atom stereocenters. The third kappa shape index (κ3) is 3.94. The molecule has 0 amide bonds. The fourth-order valence-electron chi connectivity index (χ4n) is 1.09. The van der Waals surface area contributed by atoms with Crippen LogP contribution >= 0.6 is 0 Å². The minimum absolute atomic E-state index is 0.146. The van der Waals surface area contributed by atoms with Crippen LogP contribution in [0.4, 0.5) is 0 Å². The second-order valence-corrected chi connectivity index (χ2v) is 2.77. The first kappa shape index (κ1) is 11.4. The maximum atomic E-state index is 10.2. The van der Waals surface area contributed by atoms with Crippen LogP contribution in [0.2, 0.25) is 0 Å². The molecule has 0 N–H and O–H groups in total. The van der Waals surface area contributed by atoms with E-state index in [0.717, 1.165) is 5.56 Å². The van der Waals surface area contributed by atoms with Crippen LogP contribution in [-0.2, 0) is 14.3 Å². The Bertz CT molecular complexity index is 348. The molecule has 0 saturated carbocycles. The minimum atomic E-state index is -0.420. The SMILES string of the molecule is COCO[C@H](C#CC=O)c1ccccc1. The lowest BCUT2D eigenvalue weighted by Crippen LogP contribution is -2.04. The number of benzene rings is 1. The average Bonchev–Trinajstić information content (AvgIpc) is 2.30. The monoisotopic (exact) mass is 204 g/mol. The molecule has 0 bridgehead atoms. The quantitative estimate of drug-likeness (QED) is 0.424. The van der Waals surface area contributed by atoms with Gasteiger partial charge in [0, 0.05) is 7.11 Å². The molecule has 0 saturated heterocycles. The Hall–Kier alpha value is -1.63. The van der Waals surface area contributed by atoms with E-state index in [0.29, 0.717) is 6.29 Å². The maximum absolute atomic E-state index is 10.2. The van der Waals surface area contributed by atoms with Crippen molar-refractivity contribution in [3.05, 3.63) is 35.9 Å². The lowest BCUT2D eigenvalue weighted by atomic mass is 10.1.